The first-order valence-corrected chi connectivity index (χ1v) is 13.5. The van der Waals surface area contributed by atoms with Crippen LogP contribution in [0.4, 0.5) is 9.59 Å². The molecule has 226 valence electrons. The van der Waals surface area contributed by atoms with Crippen LogP contribution in [-0.2, 0) is 37.3 Å². The van der Waals surface area contributed by atoms with Gasteiger partial charge in [0, 0.05) is 12.3 Å². The summed E-state index contributed by atoms with van der Waals surface area (Å²) in [5.41, 5.74) is -2.92. The molecule has 2 rings (SSSR count). The minimum Gasteiger partial charge on any atom is -0.756 e. The third-order valence-electron chi connectivity index (χ3n) is 4.65. The molecule has 0 N–H and O–H groups in total. The van der Waals surface area contributed by atoms with Crippen molar-refractivity contribution in [2.24, 2.45) is 0 Å². The van der Waals surface area contributed by atoms with Crippen molar-refractivity contribution in [3.05, 3.63) is 22.7 Å². The fourth-order valence-corrected chi connectivity index (χ4v) is 4.53. The standard InChI is InChI=1S/C25H33N2O13P/c1-9-13-33-22(29)37-17-11-12-27(21(28)26-17)20-19(38-23(30)34-14-10-2)18(16(36-20)15-35-24(3,4)5)39-41(31,32)40-25(6,7)8/h1-2,11-12,16,18-20H,13-15H2,3-8H3,(H,31,32)/p-1/t16-,18?,19+,20-/m1/s1. The Bertz CT molecular complexity index is 1270. The average Bonchev–Trinajstić information content (AvgIpc) is 3.14. The molecule has 0 spiro atoms. The zero-order chi connectivity index (χ0) is 31.0. The Balaban J connectivity index is 2.50. The lowest BCUT2D eigenvalue weighted by Crippen LogP contribution is -2.42. The van der Waals surface area contributed by atoms with E-state index in [-0.39, 0.29) is 13.2 Å². The highest BCUT2D eigenvalue weighted by Gasteiger charge is 2.52. The minimum atomic E-state index is -5.07. The van der Waals surface area contributed by atoms with Gasteiger partial charge in [0.1, 0.15) is 12.2 Å². The van der Waals surface area contributed by atoms with Crippen LogP contribution in [0.25, 0.3) is 0 Å². The lowest BCUT2D eigenvalue weighted by atomic mass is 10.1. The van der Waals surface area contributed by atoms with Crippen LogP contribution < -0.4 is 15.3 Å². The second kappa shape index (κ2) is 14.0. The maximum atomic E-state index is 12.9. The van der Waals surface area contributed by atoms with Crippen molar-refractivity contribution >= 4 is 20.1 Å². The second-order valence-corrected chi connectivity index (χ2v) is 11.6. The SMILES string of the molecule is C#CCOC(=O)Oc1ccn([C@@H]2O[C@H](COC(C)(C)C)C(OP(=O)([O-])OC(C)(C)C)[C@@H]2OC(=O)OCC#C)c(=O)n1. The lowest BCUT2D eigenvalue weighted by molar-refractivity contribution is -0.242. The largest absolute Gasteiger partial charge is 0.756 e. The van der Waals surface area contributed by atoms with Crippen molar-refractivity contribution in [2.75, 3.05) is 19.8 Å². The normalized spacial score (nSPS) is 22.1. The van der Waals surface area contributed by atoms with Gasteiger partial charge in [0.05, 0.1) is 17.8 Å². The average molecular weight is 600 g/mol. The van der Waals surface area contributed by atoms with Gasteiger partial charge in [0.15, 0.2) is 25.5 Å². The number of phosphoric ester groups is 1. The predicted molar refractivity (Wildman–Crippen MR) is 137 cm³/mol. The van der Waals surface area contributed by atoms with E-state index in [4.69, 9.17) is 45.6 Å². The second-order valence-electron chi connectivity index (χ2n) is 10.3. The van der Waals surface area contributed by atoms with E-state index in [1.165, 1.54) is 20.8 Å². The highest BCUT2D eigenvalue weighted by Crippen LogP contribution is 2.48. The Morgan fingerprint density at radius 2 is 1.68 bits per heavy atom. The number of nitrogens with zero attached hydrogens (tertiary/aromatic N) is 2. The smallest absolute Gasteiger partial charge is 0.516 e. The van der Waals surface area contributed by atoms with E-state index in [2.05, 4.69) is 21.6 Å². The summed E-state index contributed by atoms with van der Waals surface area (Å²) in [7, 11) is -5.07. The molecule has 1 aliphatic rings. The van der Waals surface area contributed by atoms with Crippen LogP contribution in [0.5, 0.6) is 5.88 Å². The highest BCUT2D eigenvalue weighted by molar-refractivity contribution is 7.45. The molecule has 1 aliphatic heterocycles. The molecular weight excluding hydrogens is 567 g/mol. The van der Waals surface area contributed by atoms with Crippen LogP contribution in [0.2, 0.25) is 0 Å². The van der Waals surface area contributed by atoms with Crippen molar-refractivity contribution in [1.82, 2.24) is 9.55 Å². The molecule has 5 atom stereocenters. The number of hydrogen-bond donors (Lipinski definition) is 0. The molecule has 15 nitrogen and oxygen atoms in total. The molecule has 1 fully saturated rings. The van der Waals surface area contributed by atoms with E-state index in [1.54, 1.807) is 20.8 Å². The van der Waals surface area contributed by atoms with Gasteiger partial charge in [-0.3, -0.25) is 9.13 Å². The van der Waals surface area contributed by atoms with E-state index < -0.39 is 74.1 Å². The molecule has 1 saturated heterocycles. The summed E-state index contributed by atoms with van der Waals surface area (Å²) in [6.45, 7) is 8.57. The van der Waals surface area contributed by atoms with Crippen LogP contribution in [0.1, 0.15) is 47.8 Å². The number of aromatic nitrogens is 2. The fourth-order valence-electron chi connectivity index (χ4n) is 3.27. The number of carbonyl (C=O) groups excluding carboxylic acids is 2. The molecule has 0 bridgehead atoms. The number of ether oxygens (including phenoxy) is 6. The summed E-state index contributed by atoms with van der Waals surface area (Å²) in [6, 6.07) is 1.10. The van der Waals surface area contributed by atoms with E-state index in [1.807, 2.05) is 0 Å². The summed E-state index contributed by atoms with van der Waals surface area (Å²) in [6.07, 6.45) is 2.74. The molecule has 2 heterocycles. The highest BCUT2D eigenvalue weighted by atomic mass is 31.2. The zero-order valence-corrected chi connectivity index (χ0v) is 24.3. The fraction of sp³-hybridized carbons (Fsp3) is 0.600. The Morgan fingerprint density at radius 1 is 1.07 bits per heavy atom. The monoisotopic (exact) mass is 599 g/mol. The Kier molecular flexibility index (Phi) is 11.5. The van der Waals surface area contributed by atoms with Gasteiger partial charge < -0.3 is 42.4 Å². The summed E-state index contributed by atoms with van der Waals surface area (Å²) in [5.74, 6) is 3.71. The van der Waals surface area contributed by atoms with Crippen LogP contribution in [0.15, 0.2) is 17.1 Å². The molecule has 0 aliphatic carbocycles. The Hall–Kier alpha value is -3.43. The van der Waals surface area contributed by atoms with Gasteiger partial charge in [0.2, 0.25) is 5.88 Å². The van der Waals surface area contributed by atoms with Crippen molar-refractivity contribution in [1.29, 1.82) is 0 Å². The van der Waals surface area contributed by atoms with Crippen LogP contribution in [-0.4, -0.2) is 71.2 Å². The van der Waals surface area contributed by atoms with Gasteiger partial charge in [-0.15, -0.1) is 12.8 Å². The molecule has 0 saturated carbocycles. The molecule has 0 amide bonds. The maximum absolute atomic E-state index is 12.9. The summed E-state index contributed by atoms with van der Waals surface area (Å²) >= 11 is 0. The third kappa shape index (κ3) is 11.2. The van der Waals surface area contributed by atoms with Crippen molar-refractivity contribution in [3.8, 4) is 30.6 Å². The first-order chi connectivity index (χ1) is 18.9. The maximum Gasteiger partial charge on any atom is 0.516 e. The van der Waals surface area contributed by atoms with Gasteiger partial charge in [-0.25, -0.2) is 14.4 Å². The number of phosphoric acid groups is 1. The third-order valence-corrected chi connectivity index (χ3v) is 5.92. The molecule has 1 aromatic heterocycles. The van der Waals surface area contributed by atoms with Gasteiger partial charge >= 0.3 is 18.0 Å². The van der Waals surface area contributed by atoms with E-state index in [0.717, 1.165) is 16.8 Å². The summed E-state index contributed by atoms with van der Waals surface area (Å²) in [5, 5.41) is 0. The first kappa shape index (κ1) is 33.8. The lowest BCUT2D eigenvalue weighted by Gasteiger charge is -2.35. The van der Waals surface area contributed by atoms with E-state index in [9.17, 15) is 23.8 Å². The number of hydrogen-bond acceptors (Lipinski definition) is 14. The van der Waals surface area contributed by atoms with Gasteiger partial charge in [-0.1, -0.05) is 11.8 Å². The van der Waals surface area contributed by atoms with Crippen LogP contribution >= 0.6 is 7.82 Å². The number of carbonyl (C=O) groups is 2. The van der Waals surface area contributed by atoms with Crippen molar-refractivity contribution < 1.29 is 56.5 Å². The van der Waals surface area contributed by atoms with Gasteiger partial charge in [-0.2, -0.15) is 4.98 Å². The van der Waals surface area contributed by atoms with Crippen molar-refractivity contribution in [2.45, 2.75) is 77.3 Å². The van der Waals surface area contributed by atoms with Gasteiger partial charge in [-0.05, 0) is 41.5 Å². The Morgan fingerprint density at radius 3 is 2.22 bits per heavy atom. The predicted octanol–water partition coefficient (Wildman–Crippen LogP) is 1.93. The molecule has 16 heteroatoms. The molecule has 2 unspecified atom stereocenters. The van der Waals surface area contributed by atoms with E-state index in [0.29, 0.717) is 0 Å². The molecular formula is C25H32N2O13P-. The topological polar surface area (TPSA) is 183 Å². The molecule has 0 aromatic carbocycles. The molecule has 1 aromatic rings. The van der Waals surface area contributed by atoms with Gasteiger partial charge in [0.25, 0.3) is 7.82 Å². The summed E-state index contributed by atoms with van der Waals surface area (Å²) in [4.78, 5) is 53.4. The Labute approximate surface area is 236 Å². The number of rotatable bonds is 10. The zero-order valence-electron chi connectivity index (χ0n) is 23.4. The molecule has 0 radical (unpaired) electrons. The minimum absolute atomic E-state index is 0.260. The van der Waals surface area contributed by atoms with Crippen molar-refractivity contribution in [3.63, 3.8) is 0 Å². The number of terminal acetylenes is 2. The summed E-state index contributed by atoms with van der Waals surface area (Å²) < 4.78 is 55.2. The van der Waals surface area contributed by atoms with Crippen LogP contribution in [0, 0.1) is 24.7 Å². The van der Waals surface area contributed by atoms with E-state index >= 15 is 0 Å². The quantitative estimate of drug-likeness (QED) is 0.216. The first-order valence-electron chi connectivity index (χ1n) is 12.1. The van der Waals surface area contributed by atoms with Crippen LogP contribution in [0.3, 0.4) is 0 Å². The molecule has 41 heavy (non-hydrogen) atoms.